The van der Waals surface area contributed by atoms with E-state index in [2.05, 4.69) is 18.6 Å². The molecule has 1 aliphatic heterocycles. The molecule has 138 valence electrons. The van der Waals surface area contributed by atoms with Gasteiger partial charge >= 0.3 is 5.97 Å². The molecule has 25 heavy (non-hydrogen) atoms. The summed E-state index contributed by atoms with van der Waals surface area (Å²) < 4.78 is 30.1. The van der Waals surface area contributed by atoms with E-state index < -0.39 is 16.0 Å². The van der Waals surface area contributed by atoms with Crippen molar-refractivity contribution in [2.75, 3.05) is 30.7 Å². The molecule has 0 aliphatic carbocycles. The van der Waals surface area contributed by atoms with Crippen molar-refractivity contribution in [3.8, 4) is 0 Å². The summed E-state index contributed by atoms with van der Waals surface area (Å²) in [5.74, 6) is -0.135. The summed E-state index contributed by atoms with van der Waals surface area (Å²) >= 11 is 0. The van der Waals surface area contributed by atoms with Crippen LogP contribution < -0.4 is 4.72 Å². The van der Waals surface area contributed by atoms with E-state index in [4.69, 9.17) is 4.74 Å². The average Bonchev–Trinajstić information content (AvgIpc) is 2.50. The highest BCUT2D eigenvalue weighted by molar-refractivity contribution is 7.92. The molecule has 0 unspecified atom stereocenters. The summed E-state index contributed by atoms with van der Waals surface area (Å²) in [5.41, 5.74) is 0.198. The number of benzene rings is 1. The van der Waals surface area contributed by atoms with E-state index in [9.17, 15) is 18.0 Å². The summed E-state index contributed by atoms with van der Waals surface area (Å²) in [7, 11) is -3.53. The van der Waals surface area contributed by atoms with Gasteiger partial charge in [-0.25, -0.2) is 13.2 Å². The zero-order chi connectivity index (χ0) is 18.6. The number of rotatable bonds is 5. The van der Waals surface area contributed by atoms with Crippen molar-refractivity contribution in [2.24, 2.45) is 11.8 Å². The Morgan fingerprint density at radius 1 is 1.20 bits per heavy atom. The first kappa shape index (κ1) is 19.2. The van der Waals surface area contributed by atoms with E-state index in [1.807, 2.05) is 0 Å². The predicted octanol–water partition coefficient (Wildman–Crippen LogP) is 1.72. The summed E-state index contributed by atoms with van der Waals surface area (Å²) in [6.45, 7) is 5.15. The minimum absolute atomic E-state index is 0.0705. The van der Waals surface area contributed by atoms with E-state index in [0.29, 0.717) is 24.9 Å². The Morgan fingerprint density at radius 3 is 2.40 bits per heavy atom. The molecule has 1 aliphatic rings. The van der Waals surface area contributed by atoms with Gasteiger partial charge in [-0.3, -0.25) is 9.52 Å². The Kier molecular flexibility index (Phi) is 6.05. The largest absolute Gasteiger partial charge is 0.452 e. The van der Waals surface area contributed by atoms with E-state index in [0.717, 1.165) is 12.7 Å². The number of sulfonamides is 1. The van der Waals surface area contributed by atoms with Crippen molar-refractivity contribution in [2.45, 2.75) is 20.3 Å². The van der Waals surface area contributed by atoms with Crippen LogP contribution in [0, 0.1) is 11.8 Å². The number of amides is 1. The molecule has 2 rings (SSSR count). The second-order valence-corrected chi connectivity index (χ2v) is 8.49. The lowest BCUT2D eigenvalue weighted by atomic mass is 9.92. The molecule has 1 aromatic rings. The third kappa shape index (κ3) is 5.74. The quantitative estimate of drug-likeness (QED) is 0.799. The number of anilines is 1. The van der Waals surface area contributed by atoms with E-state index in [-0.39, 0.29) is 23.8 Å². The first-order chi connectivity index (χ1) is 11.7. The first-order valence-electron chi connectivity index (χ1n) is 8.17. The van der Waals surface area contributed by atoms with Gasteiger partial charge in [0.25, 0.3) is 5.91 Å². The zero-order valence-electron chi connectivity index (χ0n) is 14.7. The first-order valence-corrected chi connectivity index (χ1v) is 10.1. The molecule has 0 bridgehead atoms. The van der Waals surface area contributed by atoms with Crippen LogP contribution in [0.15, 0.2) is 24.3 Å². The minimum atomic E-state index is -3.53. The Bertz CT molecular complexity index is 737. The summed E-state index contributed by atoms with van der Waals surface area (Å²) in [6, 6.07) is 6.12. The number of carbonyl (C=O) groups excluding carboxylic acids is 2. The monoisotopic (exact) mass is 368 g/mol. The van der Waals surface area contributed by atoms with Gasteiger partial charge in [0.15, 0.2) is 6.61 Å². The van der Waals surface area contributed by atoms with Crippen LogP contribution in [0.25, 0.3) is 0 Å². The van der Waals surface area contributed by atoms with Gasteiger partial charge in [-0.05, 0) is 30.4 Å². The fourth-order valence-electron chi connectivity index (χ4n) is 3.11. The lowest BCUT2D eigenvalue weighted by Crippen LogP contribution is -2.44. The van der Waals surface area contributed by atoms with Crippen molar-refractivity contribution < 1.29 is 22.7 Å². The average molecular weight is 368 g/mol. The maximum atomic E-state index is 12.3. The highest BCUT2D eigenvalue weighted by atomic mass is 32.2. The number of piperidine rings is 1. The Hall–Kier alpha value is -2.09. The minimum Gasteiger partial charge on any atom is -0.452 e. The van der Waals surface area contributed by atoms with Gasteiger partial charge in [0.05, 0.1) is 17.5 Å². The van der Waals surface area contributed by atoms with Gasteiger partial charge in [-0.15, -0.1) is 0 Å². The zero-order valence-corrected chi connectivity index (χ0v) is 15.5. The molecule has 1 aromatic carbocycles. The number of likely N-dealkylation sites (tertiary alicyclic amines) is 1. The van der Waals surface area contributed by atoms with Gasteiger partial charge in [0.2, 0.25) is 10.0 Å². The number of para-hydroxylation sites is 1. The SMILES string of the molecule is C[C@@H]1C[C@@H](C)CN(C(=O)COC(=O)c2ccccc2NS(C)(=O)=O)C1. The third-order valence-corrected chi connectivity index (χ3v) is 4.58. The fourth-order valence-corrected chi connectivity index (χ4v) is 3.69. The highest BCUT2D eigenvalue weighted by Gasteiger charge is 2.26. The second kappa shape index (κ2) is 7.86. The number of esters is 1. The Labute approximate surface area is 148 Å². The molecule has 8 heteroatoms. The topological polar surface area (TPSA) is 92.8 Å². The van der Waals surface area contributed by atoms with Crippen molar-refractivity contribution in [3.05, 3.63) is 29.8 Å². The summed E-state index contributed by atoms with van der Waals surface area (Å²) in [5, 5.41) is 0. The number of nitrogens with one attached hydrogen (secondary N) is 1. The highest BCUT2D eigenvalue weighted by Crippen LogP contribution is 2.21. The lowest BCUT2D eigenvalue weighted by Gasteiger charge is -2.34. The van der Waals surface area contributed by atoms with Crippen molar-refractivity contribution in [3.63, 3.8) is 0 Å². The molecule has 1 saturated heterocycles. The van der Waals surface area contributed by atoms with Crippen molar-refractivity contribution >= 4 is 27.6 Å². The smallest absolute Gasteiger partial charge is 0.340 e. The molecule has 0 spiro atoms. The number of carbonyl (C=O) groups is 2. The van der Waals surface area contributed by atoms with Crippen LogP contribution in [0.2, 0.25) is 0 Å². The number of hydrogen-bond acceptors (Lipinski definition) is 5. The fraction of sp³-hybridized carbons (Fsp3) is 0.529. The van der Waals surface area contributed by atoms with E-state index in [1.165, 1.54) is 12.1 Å². The van der Waals surface area contributed by atoms with Crippen molar-refractivity contribution in [1.29, 1.82) is 0 Å². The summed E-state index contributed by atoms with van der Waals surface area (Å²) in [6.07, 6.45) is 2.07. The molecule has 1 fully saturated rings. The van der Waals surface area contributed by atoms with Crippen LogP contribution in [-0.4, -0.2) is 51.1 Å². The van der Waals surface area contributed by atoms with Crippen LogP contribution in [0.5, 0.6) is 0 Å². The van der Waals surface area contributed by atoms with Crippen LogP contribution in [0.3, 0.4) is 0 Å². The molecule has 1 N–H and O–H groups in total. The molecule has 1 heterocycles. The van der Waals surface area contributed by atoms with Gasteiger partial charge in [-0.1, -0.05) is 26.0 Å². The van der Waals surface area contributed by atoms with Crippen LogP contribution in [-0.2, 0) is 19.6 Å². The molecule has 2 atom stereocenters. The maximum absolute atomic E-state index is 12.3. The number of ether oxygens (including phenoxy) is 1. The van der Waals surface area contributed by atoms with Crippen LogP contribution >= 0.6 is 0 Å². The molecular formula is C17H24N2O5S. The number of hydrogen-bond donors (Lipinski definition) is 1. The third-order valence-electron chi connectivity index (χ3n) is 3.99. The van der Waals surface area contributed by atoms with Crippen LogP contribution in [0.4, 0.5) is 5.69 Å². The molecule has 0 saturated carbocycles. The Balaban J connectivity index is 2.00. The standard InChI is InChI=1S/C17H24N2O5S/c1-12-8-13(2)10-19(9-12)16(20)11-24-17(21)14-6-4-5-7-15(14)18-25(3,22)23/h4-7,12-13,18H,8-11H2,1-3H3/t12-,13-/m1/s1. The molecule has 0 radical (unpaired) electrons. The van der Waals surface area contributed by atoms with Crippen molar-refractivity contribution in [1.82, 2.24) is 4.90 Å². The van der Waals surface area contributed by atoms with E-state index in [1.54, 1.807) is 17.0 Å². The predicted molar refractivity (Wildman–Crippen MR) is 94.7 cm³/mol. The maximum Gasteiger partial charge on any atom is 0.340 e. The van der Waals surface area contributed by atoms with Crippen LogP contribution in [0.1, 0.15) is 30.6 Å². The molecule has 0 aromatic heterocycles. The number of nitrogens with zero attached hydrogens (tertiary/aromatic N) is 1. The normalized spacial score (nSPS) is 20.8. The van der Waals surface area contributed by atoms with Gasteiger partial charge in [0.1, 0.15) is 0 Å². The lowest BCUT2D eigenvalue weighted by molar-refractivity contribution is -0.137. The van der Waals surface area contributed by atoms with Gasteiger partial charge in [-0.2, -0.15) is 0 Å². The molecule has 7 nitrogen and oxygen atoms in total. The Morgan fingerprint density at radius 2 is 1.80 bits per heavy atom. The van der Waals surface area contributed by atoms with Gasteiger partial charge < -0.3 is 9.64 Å². The van der Waals surface area contributed by atoms with E-state index >= 15 is 0 Å². The molecular weight excluding hydrogens is 344 g/mol. The van der Waals surface area contributed by atoms with Gasteiger partial charge in [0, 0.05) is 13.1 Å². The second-order valence-electron chi connectivity index (χ2n) is 6.74. The summed E-state index contributed by atoms with van der Waals surface area (Å²) in [4.78, 5) is 26.2. The molecule has 1 amide bonds.